The zero-order valence-electron chi connectivity index (χ0n) is 9.34. The van der Waals surface area contributed by atoms with Gasteiger partial charge in [-0.3, -0.25) is 9.59 Å². The first-order valence-electron chi connectivity index (χ1n) is 5.30. The van der Waals surface area contributed by atoms with Gasteiger partial charge in [0.15, 0.2) is 0 Å². The summed E-state index contributed by atoms with van der Waals surface area (Å²) in [6.07, 6.45) is 2.72. The maximum Gasteiger partial charge on any atom is 0.306 e. The first-order chi connectivity index (χ1) is 6.61. The minimum atomic E-state index is -0.273. The highest BCUT2D eigenvalue weighted by atomic mass is 16.5. The van der Waals surface area contributed by atoms with Crippen molar-refractivity contribution in [3.05, 3.63) is 0 Å². The lowest BCUT2D eigenvalue weighted by Gasteiger charge is -2.08. The van der Waals surface area contributed by atoms with E-state index in [-0.39, 0.29) is 24.1 Å². The highest BCUT2D eigenvalue weighted by Crippen LogP contribution is 2.09. The number of ketones is 1. The smallest absolute Gasteiger partial charge is 0.306 e. The average molecular weight is 200 g/mol. The second kappa shape index (κ2) is 7.54. The number of ether oxygens (including phenoxy) is 1. The van der Waals surface area contributed by atoms with Crippen LogP contribution in [0, 0.1) is 5.92 Å². The third-order valence-corrected chi connectivity index (χ3v) is 2.10. The molecular formula is C11H20O3. The summed E-state index contributed by atoms with van der Waals surface area (Å²) < 4.78 is 4.78. The van der Waals surface area contributed by atoms with Gasteiger partial charge in [0, 0.05) is 12.3 Å². The summed E-state index contributed by atoms with van der Waals surface area (Å²) in [5, 5.41) is 0. The maximum absolute atomic E-state index is 11.4. The van der Waals surface area contributed by atoms with Crippen molar-refractivity contribution in [1.82, 2.24) is 0 Å². The summed E-state index contributed by atoms with van der Waals surface area (Å²) >= 11 is 0. The van der Waals surface area contributed by atoms with Crippen LogP contribution in [-0.4, -0.2) is 18.4 Å². The van der Waals surface area contributed by atoms with E-state index < -0.39 is 0 Å². The van der Waals surface area contributed by atoms with Gasteiger partial charge in [0.2, 0.25) is 0 Å². The lowest BCUT2D eigenvalue weighted by Crippen LogP contribution is -2.17. The largest absolute Gasteiger partial charge is 0.466 e. The van der Waals surface area contributed by atoms with Crippen LogP contribution in [0.15, 0.2) is 0 Å². The summed E-state index contributed by atoms with van der Waals surface area (Å²) in [5.41, 5.74) is 0. The molecule has 14 heavy (non-hydrogen) atoms. The van der Waals surface area contributed by atoms with Crippen molar-refractivity contribution in [1.29, 1.82) is 0 Å². The standard InChI is InChI=1S/C11H20O3/c1-4-6-7-10(12)9(3)8-11(13)14-5-2/h9H,4-8H2,1-3H3/t9-/m1/s1. The second-order valence-corrected chi connectivity index (χ2v) is 3.48. The fraction of sp³-hybridized carbons (Fsp3) is 0.818. The van der Waals surface area contributed by atoms with Gasteiger partial charge in [-0.25, -0.2) is 0 Å². The van der Waals surface area contributed by atoms with Crippen molar-refractivity contribution in [2.75, 3.05) is 6.61 Å². The third kappa shape index (κ3) is 5.73. The van der Waals surface area contributed by atoms with Gasteiger partial charge in [0.1, 0.15) is 5.78 Å². The molecule has 0 amide bonds. The van der Waals surface area contributed by atoms with E-state index >= 15 is 0 Å². The maximum atomic E-state index is 11.4. The Hall–Kier alpha value is -0.860. The summed E-state index contributed by atoms with van der Waals surface area (Å²) in [6, 6.07) is 0. The minimum Gasteiger partial charge on any atom is -0.466 e. The Morgan fingerprint density at radius 3 is 2.43 bits per heavy atom. The Bertz CT molecular complexity index is 187. The van der Waals surface area contributed by atoms with Gasteiger partial charge in [0.25, 0.3) is 0 Å². The minimum absolute atomic E-state index is 0.167. The summed E-state index contributed by atoms with van der Waals surface area (Å²) in [4.78, 5) is 22.5. The van der Waals surface area contributed by atoms with E-state index in [1.165, 1.54) is 0 Å². The number of esters is 1. The lowest BCUT2D eigenvalue weighted by atomic mass is 9.98. The fourth-order valence-corrected chi connectivity index (χ4v) is 1.18. The number of carbonyl (C=O) groups is 2. The van der Waals surface area contributed by atoms with Crippen LogP contribution >= 0.6 is 0 Å². The van der Waals surface area contributed by atoms with Crippen LogP contribution in [0.2, 0.25) is 0 Å². The molecule has 0 heterocycles. The van der Waals surface area contributed by atoms with E-state index in [4.69, 9.17) is 4.74 Å². The number of unbranched alkanes of at least 4 members (excludes halogenated alkanes) is 1. The molecule has 0 radical (unpaired) electrons. The monoisotopic (exact) mass is 200 g/mol. The number of hydrogen-bond donors (Lipinski definition) is 0. The highest BCUT2D eigenvalue weighted by Gasteiger charge is 2.16. The van der Waals surface area contributed by atoms with E-state index in [9.17, 15) is 9.59 Å². The van der Waals surface area contributed by atoms with Crippen molar-refractivity contribution in [3.8, 4) is 0 Å². The summed E-state index contributed by atoms with van der Waals surface area (Å²) in [6.45, 7) is 5.98. The molecule has 0 saturated heterocycles. The molecule has 1 atom stereocenters. The molecule has 0 bridgehead atoms. The van der Waals surface area contributed by atoms with Gasteiger partial charge >= 0.3 is 5.97 Å². The lowest BCUT2D eigenvalue weighted by molar-refractivity contribution is -0.145. The van der Waals surface area contributed by atoms with Crippen molar-refractivity contribution in [2.24, 2.45) is 5.92 Å². The van der Waals surface area contributed by atoms with E-state index in [1.807, 2.05) is 6.92 Å². The summed E-state index contributed by atoms with van der Waals surface area (Å²) in [7, 11) is 0. The Balaban J connectivity index is 3.76. The molecule has 0 aromatic heterocycles. The van der Waals surface area contributed by atoms with E-state index in [1.54, 1.807) is 13.8 Å². The summed E-state index contributed by atoms with van der Waals surface area (Å²) in [5.74, 6) is -0.301. The molecule has 0 saturated carbocycles. The van der Waals surface area contributed by atoms with Crippen molar-refractivity contribution >= 4 is 11.8 Å². The number of hydrogen-bond acceptors (Lipinski definition) is 3. The topological polar surface area (TPSA) is 43.4 Å². The normalized spacial score (nSPS) is 12.2. The van der Waals surface area contributed by atoms with Gasteiger partial charge in [-0.05, 0) is 13.3 Å². The molecule has 3 heteroatoms. The highest BCUT2D eigenvalue weighted by molar-refractivity contribution is 5.84. The predicted molar refractivity (Wildman–Crippen MR) is 54.9 cm³/mol. The van der Waals surface area contributed by atoms with E-state index in [0.29, 0.717) is 13.0 Å². The van der Waals surface area contributed by atoms with Gasteiger partial charge in [0.05, 0.1) is 13.0 Å². The van der Waals surface area contributed by atoms with Crippen LogP contribution in [0.3, 0.4) is 0 Å². The van der Waals surface area contributed by atoms with Gasteiger partial charge < -0.3 is 4.74 Å². The second-order valence-electron chi connectivity index (χ2n) is 3.48. The van der Waals surface area contributed by atoms with Crippen LogP contribution in [-0.2, 0) is 14.3 Å². The van der Waals surface area contributed by atoms with Crippen LogP contribution in [0.4, 0.5) is 0 Å². The Morgan fingerprint density at radius 2 is 1.93 bits per heavy atom. The zero-order chi connectivity index (χ0) is 11.0. The van der Waals surface area contributed by atoms with Crippen LogP contribution in [0.1, 0.15) is 46.5 Å². The molecule has 0 fully saturated rings. The average Bonchev–Trinajstić information content (AvgIpc) is 2.14. The van der Waals surface area contributed by atoms with Crippen LogP contribution < -0.4 is 0 Å². The molecule has 0 aromatic carbocycles. The molecule has 0 aliphatic rings. The molecule has 0 N–H and O–H groups in total. The fourth-order valence-electron chi connectivity index (χ4n) is 1.18. The molecule has 0 aliphatic heterocycles. The Labute approximate surface area is 85.8 Å². The molecule has 0 aliphatic carbocycles. The Morgan fingerprint density at radius 1 is 1.29 bits per heavy atom. The first-order valence-corrected chi connectivity index (χ1v) is 5.30. The molecule has 0 rings (SSSR count). The predicted octanol–water partition coefficient (Wildman–Crippen LogP) is 2.33. The van der Waals surface area contributed by atoms with Crippen molar-refractivity contribution < 1.29 is 14.3 Å². The molecule has 82 valence electrons. The van der Waals surface area contributed by atoms with Crippen LogP contribution in [0.5, 0.6) is 0 Å². The number of Topliss-reactive ketones (excluding diaryl/α,β-unsaturated/α-hetero) is 1. The van der Waals surface area contributed by atoms with Crippen molar-refractivity contribution in [3.63, 3.8) is 0 Å². The van der Waals surface area contributed by atoms with Gasteiger partial charge in [-0.2, -0.15) is 0 Å². The third-order valence-electron chi connectivity index (χ3n) is 2.10. The van der Waals surface area contributed by atoms with Gasteiger partial charge in [-0.15, -0.1) is 0 Å². The zero-order valence-corrected chi connectivity index (χ0v) is 9.34. The SMILES string of the molecule is CCCCC(=O)[C@H](C)CC(=O)OCC. The molecule has 0 unspecified atom stereocenters. The van der Waals surface area contributed by atoms with E-state index in [0.717, 1.165) is 12.8 Å². The Kier molecular flexibility index (Phi) is 7.07. The van der Waals surface area contributed by atoms with Crippen LogP contribution in [0.25, 0.3) is 0 Å². The quantitative estimate of drug-likeness (QED) is 0.592. The van der Waals surface area contributed by atoms with Crippen molar-refractivity contribution in [2.45, 2.75) is 46.5 Å². The van der Waals surface area contributed by atoms with E-state index in [2.05, 4.69) is 0 Å². The van der Waals surface area contributed by atoms with Gasteiger partial charge in [-0.1, -0.05) is 20.3 Å². The number of carbonyl (C=O) groups excluding carboxylic acids is 2. The molecule has 0 spiro atoms. The molecular weight excluding hydrogens is 180 g/mol. The first kappa shape index (κ1) is 13.1. The number of rotatable bonds is 7. The molecule has 3 nitrogen and oxygen atoms in total. The molecule has 0 aromatic rings.